The Morgan fingerprint density at radius 1 is 1.38 bits per heavy atom. The number of rotatable bonds is 6. The smallest absolute Gasteiger partial charge is 0.288 e. The molecule has 1 heterocycles. The maximum atomic E-state index is 10.9. The lowest BCUT2D eigenvalue weighted by molar-refractivity contribution is -0.384. The van der Waals surface area contributed by atoms with Crippen LogP contribution < -0.4 is 5.32 Å². The quantitative estimate of drug-likeness (QED) is 0.645. The van der Waals surface area contributed by atoms with Crippen molar-refractivity contribution in [1.82, 2.24) is 5.32 Å². The van der Waals surface area contributed by atoms with E-state index in [1.54, 1.807) is 6.07 Å². The van der Waals surface area contributed by atoms with Crippen LogP contribution in [0.5, 0.6) is 0 Å². The summed E-state index contributed by atoms with van der Waals surface area (Å²) in [4.78, 5) is 10.4. The van der Waals surface area contributed by atoms with Crippen molar-refractivity contribution in [3.63, 3.8) is 0 Å². The van der Waals surface area contributed by atoms with Gasteiger partial charge in [-0.3, -0.25) is 10.1 Å². The van der Waals surface area contributed by atoms with Crippen molar-refractivity contribution < 1.29 is 9.34 Å². The van der Waals surface area contributed by atoms with Crippen LogP contribution in [0.4, 0.5) is 5.69 Å². The van der Waals surface area contributed by atoms with Gasteiger partial charge in [0.15, 0.2) is 0 Å². The first kappa shape index (κ1) is 15.5. The summed E-state index contributed by atoms with van der Waals surface area (Å²) in [6.45, 7) is 5.04. The van der Waals surface area contributed by atoms with Gasteiger partial charge in [0, 0.05) is 24.1 Å². The molecule has 1 atom stereocenters. The molecular weight excluding hydrogens is 292 g/mol. The summed E-state index contributed by atoms with van der Waals surface area (Å²) in [6, 6.07) is 8.68. The number of hydrogen-bond donors (Lipinski definition) is 1. The maximum Gasteiger partial charge on any atom is 0.288 e. The largest absolute Gasteiger partial charge is 0.461 e. The minimum absolute atomic E-state index is 0.117. The summed E-state index contributed by atoms with van der Waals surface area (Å²) in [7, 11) is 0. The lowest BCUT2D eigenvalue weighted by Gasteiger charge is -2.09. The zero-order valence-corrected chi connectivity index (χ0v) is 12.7. The molecule has 1 unspecified atom stereocenters. The van der Waals surface area contributed by atoms with E-state index in [1.807, 2.05) is 12.1 Å². The highest BCUT2D eigenvalue weighted by molar-refractivity contribution is 6.32. The minimum Gasteiger partial charge on any atom is -0.461 e. The number of nitrogens with one attached hydrogen (secondary N) is 1. The third-order valence-corrected chi connectivity index (χ3v) is 3.47. The van der Waals surface area contributed by atoms with Gasteiger partial charge in [0.1, 0.15) is 16.5 Å². The van der Waals surface area contributed by atoms with E-state index in [1.165, 1.54) is 12.1 Å². The van der Waals surface area contributed by atoms with Crippen molar-refractivity contribution in [2.45, 2.75) is 26.3 Å². The Balaban J connectivity index is 2.21. The van der Waals surface area contributed by atoms with Crippen LogP contribution in [-0.2, 0) is 6.42 Å². The van der Waals surface area contributed by atoms with Crippen molar-refractivity contribution in [2.75, 3.05) is 6.54 Å². The van der Waals surface area contributed by atoms with Gasteiger partial charge in [-0.1, -0.05) is 18.5 Å². The van der Waals surface area contributed by atoms with E-state index in [0.717, 1.165) is 18.7 Å². The van der Waals surface area contributed by atoms with E-state index >= 15 is 0 Å². The van der Waals surface area contributed by atoms with Gasteiger partial charge in [-0.05, 0) is 37.7 Å². The first-order valence-corrected chi connectivity index (χ1v) is 7.15. The SMILES string of the molecule is CCNC(C)Cc1ccc(-c2ccc(Cl)c([N+](=O)[O-])c2)o1. The topological polar surface area (TPSA) is 68.3 Å². The van der Waals surface area contributed by atoms with E-state index in [9.17, 15) is 10.1 Å². The molecule has 1 aromatic carbocycles. The highest BCUT2D eigenvalue weighted by atomic mass is 35.5. The van der Waals surface area contributed by atoms with Gasteiger partial charge in [0.25, 0.3) is 5.69 Å². The number of likely N-dealkylation sites (N-methyl/N-ethyl adjacent to an activating group) is 1. The molecule has 0 aliphatic carbocycles. The molecule has 2 rings (SSSR count). The van der Waals surface area contributed by atoms with Crippen LogP contribution in [0.25, 0.3) is 11.3 Å². The molecule has 6 heteroatoms. The Hall–Kier alpha value is -1.85. The Labute approximate surface area is 128 Å². The molecule has 0 aliphatic rings. The normalized spacial score (nSPS) is 12.3. The predicted octanol–water partition coefficient (Wildman–Crippen LogP) is 4.05. The molecule has 2 aromatic rings. The average molecular weight is 309 g/mol. The fourth-order valence-corrected chi connectivity index (χ4v) is 2.36. The molecule has 0 spiro atoms. The lowest BCUT2D eigenvalue weighted by Crippen LogP contribution is -2.27. The van der Waals surface area contributed by atoms with Crippen molar-refractivity contribution >= 4 is 17.3 Å². The fraction of sp³-hybridized carbons (Fsp3) is 0.333. The monoisotopic (exact) mass is 308 g/mol. The molecule has 0 radical (unpaired) electrons. The zero-order valence-electron chi connectivity index (χ0n) is 11.9. The third-order valence-electron chi connectivity index (χ3n) is 3.15. The lowest BCUT2D eigenvalue weighted by atomic mass is 10.1. The van der Waals surface area contributed by atoms with Gasteiger partial charge < -0.3 is 9.73 Å². The summed E-state index contributed by atoms with van der Waals surface area (Å²) in [5, 5.41) is 14.3. The van der Waals surface area contributed by atoms with Crippen LogP contribution in [-0.4, -0.2) is 17.5 Å². The molecule has 1 N–H and O–H groups in total. The average Bonchev–Trinajstić information content (AvgIpc) is 2.87. The Kier molecular flexibility index (Phi) is 4.98. The van der Waals surface area contributed by atoms with Gasteiger partial charge >= 0.3 is 0 Å². The number of nitrogens with zero attached hydrogens (tertiary/aromatic N) is 1. The van der Waals surface area contributed by atoms with Crippen molar-refractivity contribution in [3.05, 3.63) is 51.2 Å². The van der Waals surface area contributed by atoms with Crippen LogP contribution in [0.2, 0.25) is 5.02 Å². The Bertz CT molecular complexity index is 640. The standard InChI is InChI=1S/C15H17ClN2O3/c1-3-17-10(2)8-12-5-7-15(21-12)11-4-6-13(16)14(9-11)18(19)20/h4-7,9-10,17H,3,8H2,1-2H3. The molecule has 21 heavy (non-hydrogen) atoms. The molecular formula is C15H17ClN2O3. The summed E-state index contributed by atoms with van der Waals surface area (Å²) in [5.41, 5.74) is 0.529. The highest BCUT2D eigenvalue weighted by Gasteiger charge is 2.15. The van der Waals surface area contributed by atoms with E-state index in [2.05, 4.69) is 19.2 Å². The Morgan fingerprint density at radius 3 is 2.81 bits per heavy atom. The summed E-state index contributed by atoms with van der Waals surface area (Å²) in [5.74, 6) is 1.45. The fourth-order valence-electron chi connectivity index (χ4n) is 2.17. The number of nitro groups is 1. The first-order valence-electron chi connectivity index (χ1n) is 6.77. The number of nitro benzene ring substituents is 1. The molecule has 0 amide bonds. The molecule has 0 bridgehead atoms. The molecule has 1 aromatic heterocycles. The van der Waals surface area contributed by atoms with Crippen molar-refractivity contribution in [2.24, 2.45) is 0 Å². The first-order chi connectivity index (χ1) is 10.0. The van der Waals surface area contributed by atoms with Crippen molar-refractivity contribution in [1.29, 1.82) is 0 Å². The van der Waals surface area contributed by atoms with E-state index in [4.69, 9.17) is 16.0 Å². The number of halogens is 1. The second-order valence-corrected chi connectivity index (χ2v) is 5.26. The van der Waals surface area contributed by atoms with E-state index in [0.29, 0.717) is 17.4 Å². The number of furan rings is 1. The summed E-state index contributed by atoms with van der Waals surface area (Å²) >= 11 is 5.81. The van der Waals surface area contributed by atoms with Gasteiger partial charge in [-0.2, -0.15) is 0 Å². The molecule has 0 aliphatic heterocycles. The number of benzene rings is 1. The van der Waals surface area contributed by atoms with E-state index < -0.39 is 4.92 Å². The molecule has 112 valence electrons. The van der Waals surface area contributed by atoms with E-state index in [-0.39, 0.29) is 10.7 Å². The van der Waals surface area contributed by atoms with Crippen LogP contribution >= 0.6 is 11.6 Å². The van der Waals surface area contributed by atoms with Crippen molar-refractivity contribution in [3.8, 4) is 11.3 Å². The van der Waals surface area contributed by atoms with Crippen LogP contribution in [0.15, 0.2) is 34.7 Å². The highest BCUT2D eigenvalue weighted by Crippen LogP contribution is 2.31. The third kappa shape index (κ3) is 3.83. The van der Waals surface area contributed by atoms with Gasteiger partial charge in [-0.25, -0.2) is 0 Å². The van der Waals surface area contributed by atoms with Gasteiger partial charge in [0.2, 0.25) is 0 Å². The Morgan fingerprint density at radius 2 is 2.14 bits per heavy atom. The maximum absolute atomic E-state index is 10.9. The van der Waals surface area contributed by atoms with Gasteiger partial charge in [-0.15, -0.1) is 0 Å². The zero-order chi connectivity index (χ0) is 15.4. The van der Waals surface area contributed by atoms with Gasteiger partial charge in [0.05, 0.1) is 4.92 Å². The second kappa shape index (κ2) is 6.74. The van der Waals surface area contributed by atoms with Crippen LogP contribution in [0.3, 0.4) is 0 Å². The second-order valence-electron chi connectivity index (χ2n) is 4.85. The van der Waals surface area contributed by atoms with Crippen LogP contribution in [0, 0.1) is 10.1 Å². The minimum atomic E-state index is -0.497. The molecule has 0 saturated heterocycles. The number of hydrogen-bond acceptors (Lipinski definition) is 4. The molecule has 5 nitrogen and oxygen atoms in total. The molecule has 0 saturated carbocycles. The predicted molar refractivity (Wildman–Crippen MR) is 82.7 cm³/mol. The summed E-state index contributed by atoms with van der Waals surface area (Å²) < 4.78 is 5.76. The summed E-state index contributed by atoms with van der Waals surface area (Å²) in [6.07, 6.45) is 0.767. The molecule has 0 fully saturated rings. The van der Waals surface area contributed by atoms with Crippen LogP contribution in [0.1, 0.15) is 19.6 Å².